The molecule has 0 bridgehead atoms. The van der Waals surface area contributed by atoms with Gasteiger partial charge in [-0.15, -0.1) is 0 Å². The first-order chi connectivity index (χ1) is 13.4. The normalized spacial score (nSPS) is 12.2. The predicted molar refractivity (Wildman–Crippen MR) is 103 cm³/mol. The average molecular weight is 387 g/mol. The van der Waals surface area contributed by atoms with Crippen LogP contribution in [0.5, 0.6) is 5.75 Å². The maximum Gasteiger partial charge on any atom is 0.151 e. The molecule has 148 valence electrons. The number of nitrogens with one attached hydrogen (secondary N) is 1. The second-order valence-corrected chi connectivity index (χ2v) is 6.58. The second kappa shape index (κ2) is 8.50. The van der Waals surface area contributed by atoms with Crippen LogP contribution in [0.1, 0.15) is 28.6 Å². The van der Waals surface area contributed by atoms with Crippen molar-refractivity contribution < 1.29 is 18.6 Å². The number of ether oxygens (including phenoxy) is 1. The molecule has 0 aliphatic heterocycles. The van der Waals surface area contributed by atoms with Gasteiger partial charge in [-0.05, 0) is 43.7 Å². The first-order valence-electron chi connectivity index (χ1n) is 8.94. The van der Waals surface area contributed by atoms with Gasteiger partial charge in [-0.1, -0.05) is 12.1 Å². The van der Waals surface area contributed by atoms with Gasteiger partial charge in [0, 0.05) is 30.4 Å². The number of nitrogens with zero attached hydrogens (tertiary/aromatic N) is 2. The molecule has 0 aliphatic rings. The van der Waals surface area contributed by atoms with Crippen LogP contribution >= 0.6 is 0 Å². The summed E-state index contributed by atoms with van der Waals surface area (Å²) in [6, 6.07) is 10.7. The van der Waals surface area contributed by atoms with Crippen molar-refractivity contribution >= 4 is 0 Å². The zero-order valence-electron chi connectivity index (χ0n) is 16.0. The van der Waals surface area contributed by atoms with Gasteiger partial charge in [-0.2, -0.15) is 5.10 Å². The third-order valence-electron chi connectivity index (χ3n) is 4.72. The van der Waals surface area contributed by atoms with Gasteiger partial charge in [0.2, 0.25) is 0 Å². The third-order valence-corrected chi connectivity index (χ3v) is 4.72. The van der Waals surface area contributed by atoms with E-state index in [1.165, 1.54) is 16.8 Å². The molecule has 1 unspecified atom stereocenters. The van der Waals surface area contributed by atoms with E-state index in [9.17, 15) is 13.9 Å². The van der Waals surface area contributed by atoms with Crippen molar-refractivity contribution in [2.45, 2.75) is 26.5 Å². The van der Waals surface area contributed by atoms with Crippen LogP contribution in [0.4, 0.5) is 8.78 Å². The number of hydrogen-bond donors (Lipinski definition) is 2. The summed E-state index contributed by atoms with van der Waals surface area (Å²) in [5, 5.41) is 17.9. The Morgan fingerprint density at radius 1 is 1.14 bits per heavy atom. The molecule has 1 atom stereocenters. The van der Waals surface area contributed by atoms with E-state index in [1.54, 1.807) is 19.2 Å². The third kappa shape index (κ3) is 4.21. The minimum atomic E-state index is -0.670. The fraction of sp³-hybridized carbons (Fsp3) is 0.286. The number of aromatic nitrogens is 2. The molecule has 28 heavy (non-hydrogen) atoms. The van der Waals surface area contributed by atoms with Crippen LogP contribution in [0.25, 0.3) is 5.69 Å². The van der Waals surface area contributed by atoms with E-state index in [0.717, 1.165) is 34.3 Å². The molecule has 2 aromatic carbocycles. The summed E-state index contributed by atoms with van der Waals surface area (Å²) >= 11 is 0. The van der Waals surface area contributed by atoms with Gasteiger partial charge in [0.15, 0.2) is 5.82 Å². The van der Waals surface area contributed by atoms with Gasteiger partial charge < -0.3 is 15.2 Å². The Hall–Kier alpha value is -2.77. The maximum atomic E-state index is 14.1. The highest BCUT2D eigenvalue weighted by molar-refractivity contribution is 5.38. The molecule has 0 saturated heterocycles. The molecule has 7 heteroatoms. The van der Waals surface area contributed by atoms with Crippen molar-refractivity contribution in [1.82, 2.24) is 15.1 Å². The fourth-order valence-electron chi connectivity index (χ4n) is 3.10. The first-order valence-corrected chi connectivity index (χ1v) is 8.94. The lowest BCUT2D eigenvalue weighted by Gasteiger charge is -2.13. The SMILES string of the molecule is COc1ccc(C(O)CNCc2c(C)nn(-c3ccc(F)cc3F)c2C)cc1. The van der Waals surface area contributed by atoms with E-state index in [0.29, 0.717) is 13.1 Å². The Bertz CT molecular complexity index is 955. The van der Waals surface area contributed by atoms with Crippen LogP contribution in [0.15, 0.2) is 42.5 Å². The van der Waals surface area contributed by atoms with Crippen LogP contribution in [0.3, 0.4) is 0 Å². The van der Waals surface area contributed by atoms with Crippen molar-refractivity contribution in [2.24, 2.45) is 0 Å². The molecule has 0 saturated carbocycles. The standard InChI is InChI=1S/C21H23F2N3O2/c1-13-18(11-24-12-21(27)15-4-7-17(28-3)8-5-15)14(2)26(25-13)20-9-6-16(22)10-19(20)23/h4-10,21,24,27H,11-12H2,1-3H3. The molecule has 1 aromatic heterocycles. The smallest absolute Gasteiger partial charge is 0.151 e. The van der Waals surface area contributed by atoms with Gasteiger partial charge in [0.25, 0.3) is 0 Å². The molecular formula is C21H23F2N3O2. The van der Waals surface area contributed by atoms with Gasteiger partial charge in [0.1, 0.15) is 17.3 Å². The fourth-order valence-corrected chi connectivity index (χ4v) is 3.10. The number of benzene rings is 2. The Morgan fingerprint density at radius 3 is 2.50 bits per heavy atom. The highest BCUT2D eigenvalue weighted by Crippen LogP contribution is 2.21. The van der Waals surface area contributed by atoms with Gasteiger partial charge >= 0.3 is 0 Å². The maximum absolute atomic E-state index is 14.1. The summed E-state index contributed by atoms with van der Waals surface area (Å²) < 4.78 is 33.8. The van der Waals surface area contributed by atoms with E-state index in [-0.39, 0.29) is 5.69 Å². The number of methoxy groups -OCH3 is 1. The first kappa shape index (κ1) is 20.0. The van der Waals surface area contributed by atoms with Crippen molar-refractivity contribution in [2.75, 3.05) is 13.7 Å². The van der Waals surface area contributed by atoms with E-state index in [2.05, 4.69) is 10.4 Å². The Labute approximate surface area is 162 Å². The largest absolute Gasteiger partial charge is 0.497 e. The van der Waals surface area contributed by atoms with Gasteiger partial charge in [-0.25, -0.2) is 13.5 Å². The minimum absolute atomic E-state index is 0.200. The number of halogens is 2. The number of aliphatic hydroxyl groups excluding tert-OH is 1. The number of aliphatic hydroxyl groups is 1. The van der Waals surface area contributed by atoms with Gasteiger partial charge in [0.05, 0.1) is 18.9 Å². The summed E-state index contributed by atoms with van der Waals surface area (Å²) in [6.45, 7) is 4.48. The van der Waals surface area contributed by atoms with Crippen LogP contribution in [0.2, 0.25) is 0 Å². The lowest BCUT2D eigenvalue weighted by molar-refractivity contribution is 0.174. The Balaban J connectivity index is 1.68. The molecule has 0 amide bonds. The topological polar surface area (TPSA) is 59.3 Å². The van der Waals surface area contributed by atoms with Crippen LogP contribution in [-0.2, 0) is 6.54 Å². The van der Waals surface area contributed by atoms with Crippen molar-refractivity contribution in [1.29, 1.82) is 0 Å². The lowest BCUT2D eigenvalue weighted by Crippen LogP contribution is -2.21. The van der Waals surface area contributed by atoms with Crippen LogP contribution in [0, 0.1) is 25.5 Å². The van der Waals surface area contributed by atoms with Crippen molar-refractivity contribution in [3.63, 3.8) is 0 Å². The van der Waals surface area contributed by atoms with Crippen LogP contribution < -0.4 is 10.1 Å². The summed E-state index contributed by atoms with van der Waals surface area (Å²) in [7, 11) is 1.59. The Kier molecular flexibility index (Phi) is 6.06. The highest BCUT2D eigenvalue weighted by Gasteiger charge is 2.16. The molecule has 1 heterocycles. The second-order valence-electron chi connectivity index (χ2n) is 6.58. The molecule has 0 aliphatic carbocycles. The molecule has 5 nitrogen and oxygen atoms in total. The predicted octanol–water partition coefficient (Wildman–Crippen LogP) is 3.60. The highest BCUT2D eigenvalue weighted by atomic mass is 19.1. The average Bonchev–Trinajstić information content (AvgIpc) is 2.96. The molecule has 0 spiro atoms. The van der Waals surface area contributed by atoms with E-state index < -0.39 is 17.7 Å². The number of hydrogen-bond acceptors (Lipinski definition) is 4. The Morgan fingerprint density at radius 2 is 1.86 bits per heavy atom. The van der Waals surface area contributed by atoms with E-state index in [1.807, 2.05) is 26.0 Å². The molecule has 3 rings (SSSR count). The van der Waals surface area contributed by atoms with Crippen molar-refractivity contribution in [3.05, 3.63) is 76.6 Å². The summed E-state index contributed by atoms with van der Waals surface area (Å²) in [6.07, 6.45) is -0.670. The number of aryl methyl sites for hydroxylation is 1. The zero-order chi connectivity index (χ0) is 20.3. The van der Waals surface area contributed by atoms with E-state index >= 15 is 0 Å². The summed E-state index contributed by atoms with van der Waals surface area (Å²) in [5.74, 6) is -0.562. The number of rotatable bonds is 7. The molecule has 0 radical (unpaired) electrons. The van der Waals surface area contributed by atoms with Crippen molar-refractivity contribution in [3.8, 4) is 11.4 Å². The van der Waals surface area contributed by atoms with E-state index in [4.69, 9.17) is 4.74 Å². The summed E-state index contributed by atoms with van der Waals surface area (Å²) in [5.41, 5.74) is 3.39. The molecule has 3 aromatic rings. The lowest BCUT2D eigenvalue weighted by atomic mass is 10.1. The quantitative estimate of drug-likeness (QED) is 0.650. The molecule has 2 N–H and O–H groups in total. The zero-order valence-corrected chi connectivity index (χ0v) is 16.0. The monoisotopic (exact) mass is 387 g/mol. The molecule has 0 fully saturated rings. The summed E-state index contributed by atoms with van der Waals surface area (Å²) in [4.78, 5) is 0. The van der Waals surface area contributed by atoms with Gasteiger partial charge in [-0.3, -0.25) is 0 Å². The molecular weight excluding hydrogens is 364 g/mol. The van der Waals surface area contributed by atoms with Crippen LogP contribution in [-0.4, -0.2) is 28.5 Å². The minimum Gasteiger partial charge on any atom is -0.497 e.